The van der Waals surface area contributed by atoms with E-state index in [1.807, 2.05) is 0 Å². The summed E-state index contributed by atoms with van der Waals surface area (Å²) in [4.78, 5) is 40.2. The number of pyridine rings is 1. The lowest BCUT2D eigenvalue weighted by atomic mass is 10.0. The Morgan fingerprint density at radius 3 is 2.19 bits per heavy atom. The number of benzene rings is 1. The van der Waals surface area contributed by atoms with E-state index in [9.17, 15) is 18.8 Å². The molecule has 1 fully saturated rings. The van der Waals surface area contributed by atoms with Gasteiger partial charge < -0.3 is 4.90 Å². The van der Waals surface area contributed by atoms with Gasteiger partial charge in [-0.2, -0.15) is 0 Å². The van der Waals surface area contributed by atoms with E-state index >= 15 is 0 Å². The zero-order chi connectivity index (χ0) is 18.5. The molecule has 1 aromatic carbocycles. The van der Waals surface area contributed by atoms with Crippen LogP contribution in [0.15, 0.2) is 53.5 Å². The SMILES string of the molecule is O=C(c1ccc(F)cc1)C(C(=O)N1CCCCCC1)n1ccccc1=O. The maximum Gasteiger partial charge on any atom is 0.253 e. The zero-order valence-corrected chi connectivity index (χ0v) is 14.4. The molecule has 1 saturated heterocycles. The van der Waals surface area contributed by atoms with E-state index in [-0.39, 0.29) is 11.5 Å². The van der Waals surface area contributed by atoms with Gasteiger partial charge in [0.1, 0.15) is 5.82 Å². The van der Waals surface area contributed by atoms with Crippen molar-refractivity contribution in [3.8, 4) is 0 Å². The van der Waals surface area contributed by atoms with Crippen LogP contribution in [0.4, 0.5) is 4.39 Å². The van der Waals surface area contributed by atoms with Gasteiger partial charge in [0.25, 0.3) is 11.5 Å². The molecule has 1 aliphatic rings. The molecular formula is C20H21FN2O3. The van der Waals surface area contributed by atoms with Crippen LogP contribution in [0.1, 0.15) is 42.1 Å². The standard InChI is InChI=1S/C20H21FN2O3/c21-16-10-8-15(9-11-16)19(25)18(23-14-6-3-7-17(23)24)20(26)22-12-4-1-2-5-13-22/h3,6-11,14,18H,1-2,4-5,12-13H2. The van der Waals surface area contributed by atoms with Crippen LogP contribution in [0, 0.1) is 5.82 Å². The van der Waals surface area contributed by atoms with Crippen molar-refractivity contribution in [3.05, 3.63) is 70.4 Å². The average Bonchev–Trinajstić information content (AvgIpc) is 2.93. The molecule has 0 spiro atoms. The van der Waals surface area contributed by atoms with Gasteiger partial charge in [0.15, 0.2) is 11.8 Å². The van der Waals surface area contributed by atoms with Crippen molar-refractivity contribution in [2.75, 3.05) is 13.1 Å². The molecule has 0 saturated carbocycles. The second kappa shape index (κ2) is 8.08. The number of nitrogens with zero attached hydrogens (tertiary/aromatic N) is 2. The van der Waals surface area contributed by atoms with Gasteiger partial charge >= 0.3 is 0 Å². The average molecular weight is 356 g/mol. The quantitative estimate of drug-likeness (QED) is 0.625. The predicted molar refractivity (Wildman–Crippen MR) is 95.5 cm³/mol. The molecule has 2 heterocycles. The molecule has 1 unspecified atom stereocenters. The number of hydrogen-bond donors (Lipinski definition) is 0. The number of ketones is 1. The van der Waals surface area contributed by atoms with Gasteiger partial charge in [-0.05, 0) is 43.2 Å². The molecular weight excluding hydrogens is 335 g/mol. The maximum atomic E-state index is 13.2. The van der Waals surface area contributed by atoms with Gasteiger partial charge in [-0.25, -0.2) is 4.39 Å². The number of hydrogen-bond acceptors (Lipinski definition) is 3. The highest BCUT2D eigenvalue weighted by Gasteiger charge is 2.33. The van der Waals surface area contributed by atoms with Gasteiger partial charge in [-0.1, -0.05) is 18.9 Å². The molecule has 136 valence electrons. The topological polar surface area (TPSA) is 59.4 Å². The molecule has 0 bridgehead atoms. The minimum atomic E-state index is -1.27. The number of Topliss-reactive ketones (excluding diaryl/α,β-unsaturated/α-hetero) is 1. The van der Waals surface area contributed by atoms with Crippen molar-refractivity contribution in [1.82, 2.24) is 9.47 Å². The molecule has 26 heavy (non-hydrogen) atoms. The Kier molecular flexibility index (Phi) is 5.61. The molecule has 1 aliphatic heterocycles. The first-order valence-corrected chi connectivity index (χ1v) is 8.83. The number of halogens is 1. The third-order valence-corrected chi connectivity index (χ3v) is 4.66. The lowest BCUT2D eigenvalue weighted by Gasteiger charge is -2.26. The minimum Gasteiger partial charge on any atom is -0.340 e. The molecule has 1 aromatic heterocycles. The summed E-state index contributed by atoms with van der Waals surface area (Å²) in [5, 5.41) is 0. The number of carbonyl (C=O) groups excluding carboxylic acids is 2. The summed E-state index contributed by atoms with van der Waals surface area (Å²) in [6.45, 7) is 1.15. The van der Waals surface area contributed by atoms with Gasteiger partial charge in [-0.15, -0.1) is 0 Å². The molecule has 5 nitrogen and oxygen atoms in total. The Bertz CT molecular complexity index is 837. The van der Waals surface area contributed by atoms with Gasteiger partial charge in [0, 0.05) is 30.9 Å². The summed E-state index contributed by atoms with van der Waals surface area (Å²) in [6.07, 6.45) is 5.31. The van der Waals surface area contributed by atoms with Crippen molar-refractivity contribution in [3.63, 3.8) is 0 Å². The van der Waals surface area contributed by atoms with Crippen LogP contribution in [-0.2, 0) is 4.79 Å². The Morgan fingerprint density at radius 2 is 1.58 bits per heavy atom. The smallest absolute Gasteiger partial charge is 0.253 e. The zero-order valence-electron chi connectivity index (χ0n) is 14.4. The third kappa shape index (κ3) is 3.90. The largest absolute Gasteiger partial charge is 0.340 e. The van der Waals surface area contributed by atoms with Gasteiger partial charge in [0.05, 0.1) is 0 Å². The highest BCUT2D eigenvalue weighted by atomic mass is 19.1. The van der Waals surface area contributed by atoms with E-state index in [1.165, 1.54) is 41.1 Å². The Labute approximate surface area is 151 Å². The summed E-state index contributed by atoms with van der Waals surface area (Å²) in [7, 11) is 0. The minimum absolute atomic E-state index is 0.204. The van der Waals surface area contributed by atoms with Crippen molar-refractivity contribution in [1.29, 1.82) is 0 Å². The monoisotopic (exact) mass is 356 g/mol. The molecule has 0 radical (unpaired) electrons. The van der Waals surface area contributed by atoms with Crippen LogP contribution in [0.2, 0.25) is 0 Å². The summed E-state index contributed by atoms with van der Waals surface area (Å²) in [5.74, 6) is -1.35. The van der Waals surface area contributed by atoms with E-state index < -0.39 is 23.2 Å². The van der Waals surface area contributed by atoms with Crippen LogP contribution in [0.3, 0.4) is 0 Å². The first-order chi connectivity index (χ1) is 12.6. The second-order valence-electron chi connectivity index (χ2n) is 6.46. The van der Waals surface area contributed by atoms with Crippen molar-refractivity contribution < 1.29 is 14.0 Å². The number of likely N-dealkylation sites (tertiary alicyclic amines) is 1. The molecule has 1 amide bonds. The lowest BCUT2D eigenvalue weighted by molar-refractivity contribution is -0.133. The highest BCUT2D eigenvalue weighted by molar-refractivity contribution is 6.11. The molecule has 1 atom stereocenters. The fraction of sp³-hybridized carbons (Fsp3) is 0.350. The van der Waals surface area contributed by atoms with Gasteiger partial charge in [0.2, 0.25) is 0 Å². The van der Waals surface area contributed by atoms with Crippen LogP contribution in [-0.4, -0.2) is 34.2 Å². The summed E-state index contributed by atoms with van der Waals surface area (Å²) in [5.41, 5.74) is -0.216. The van der Waals surface area contributed by atoms with Crippen LogP contribution < -0.4 is 5.56 Å². The second-order valence-corrected chi connectivity index (χ2v) is 6.46. The summed E-state index contributed by atoms with van der Waals surface area (Å²) >= 11 is 0. The first-order valence-electron chi connectivity index (χ1n) is 8.83. The fourth-order valence-electron chi connectivity index (χ4n) is 3.25. The predicted octanol–water partition coefficient (Wildman–Crippen LogP) is 2.81. The Morgan fingerprint density at radius 1 is 0.923 bits per heavy atom. The Hall–Kier alpha value is -2.76. The summed E-state index contributed by atoms with van der Waals surface area (Å²) < 4.78 is 14.4. The van der Waals surface area contributed by atoms with Crippen LogP contribution in [0.5, 0.6) is 0 Å². The van der Waals surface area contributed by atoms with E-state index in [0.717, 1.165) is 25.7 Å². The molecule has 6 heteroatoms. The van der Waals surface area contributed by atoms with Crippen LogP contribution >= 0.6 is 0 Å². The Balaban J connectivity index is 2.00. The van der Waals surface area contributed by atoms with Crippen molar-refractivity contribution >= 4 is 11.7 Å². The van der Waals surface area contributed by atoms with Crippen molar-refractivity contribution in [2.45, 2.75) is 31.7 Å². The maximum absolute atomic E-state index is 13.2. The van der Waals surface area contributed by atoms with E-state index in [2.05, 4.69) is 0 Å². The fourth-order valence-corrected chi connectivity index (χ4v) is 3.25. The van der Waals surface area contributed by atoms with Crippen LogP contribution in [0.25, 0.3) is 0 Å². The molecule has 0 N–H and O–H groups in total. The highest BCUT2D eigenvalue weighted by Crippen LogP contribution is 2.19. The molecule has 3 rings (SSSR count). The third-order valence-electron chi connectivity index (χ3n) is 4.66. The summed E-state index contributed by atoms with van der Waals surface area (Å²) in [6, 6.07) is 8.26. The number of carbonyl (C=O) groups is 2. The first kappa shape index (κ1) is 18.0. The molecule has 0 aliphatic carbocycles. The molecule has 2 aromatic rings. The van der Waals surface area contributed by atoms with Crippen molar-refractivity contribution in [2.24, 2.45) is 0 Å². The van der Waals surface area contributed by atoms with Gasteiger partial charge in [-0.3, -0.25) is 19.0 Å². The number of amides is 1. The number of rotatable bonds is 4. The van der Waals surface area contributed by atoms with E-state index in [4.69, 9.17) is 0 Å². The lowest BCUT2D eigenvalue weighted by Crippen LogP contribution is -2.44. The normalized spacial score (nSPS) is 16.0. The van der Waals surface area contributed by atoms with E-state index in [1.54, 1.807) is 17.0 Å². The van der Waals surface area contributed by atoms with E-state index in [0.29, 0.717) is 13.1 Å². The number of aromatic nitrogens is 1.